The number of carbonyl (C=O) groups is 2. The molecule has 168 valence electrons. The quantitative estimate of drug-likeness (QED) is 0.764. The van der Waals surface area contributed by atoms with E-state index in [2.05, 4.69) is 22.2 Å². The van der Waals surface area contributed by atoms with Crippen molar-refractivity contribution in [3.8, 4) is 0 Å². The topological polar surface area (TPSA) is 83.0 Å². The minimum absolute atomic E-state index is 0.282. The molecule has 7 nitrogen and oxygen atoms in total. The number of hydrogen-bond donors (Lipinski definition) is 1. The van der Waals surface area contributed by atoms with Crippen LogP contribution in [0, 0.1) is 18.3 Å². The van der Waals surface area contributed by atoms with Crippen LogP contribution < -0.4 is 0 Å². The number of piperidine rings is 1. The first-order valence-corrected chi connectivity index (χ1v) is 10.8. The van der Waals surface area contributed by atoms with Crippen molar-refractivity contribution in [1.82, 2.24) is 14.8 Å². The molecule has 1 spiro atoms. The summed E-state index contributed by atoms with van der Waals surface area (Å²) in [5, 5.41) is 10.4. The third-order valence-corrected chi connectivity index (χ3v) is 6.78. The summed E-state index contributed by atoms with van der Waals surface area (Å²) in [6.07, 6.45) is -1.65. The molecule has 11 heteroatoms. The number of carboxylic acid groups (broad SMARTS) is 1. The summed E-state index contributed by atoms with van der Waals surface area (Å²) in [4.78, 5) is 30.6. The first-order chi connectivity index (χ1) is 14.1. The lowest BCUT2D eigenvalue weighted by molar-refractivity contribution is -0.192. The molecule has 0 bridgehead atoms. The van der Waals surface area contributed by atoms with E-state index in [4.69, 9.17) is 14.6 Å². The fourth-order valence-electron chi connectivity index (χ4n) is 4.12. The van der Waals surface area contributed by atoms with Crippen LogP contribution in [0.15, 0.2) is 5.38 Å². The van der Waals surface area contributed by atoms with Crippen molar-refractivity contribution in [2.45, 2.75) is 38.9 Å². The van der Waals surface area contributed by atoms with E-state index in [1.165, 1.54) is 5.69 Å². The predicted octanol–water partition coefficient (Wildman–Crippen LogP) is 2.55. The first-order valence-electron chi connectivity index (χ1n) is 9.91. The number of hydrogen-bond acceptors (Lipinski definition) is 6. The number of likely N-dealkylation sites (tertiary alicyclic amines) is 1. The van der Waals surface area contributed by atoms with Crippen molar-refractivity contribution in [2.75, 3.05) is 39.4 Å². The molecule has 1 unspecified atom stereocenters. The van der Waals surface area contributed by atoms with Crippen molar-refractivity contribution in [1.29, 1.82) is 0 Å². The van der Waals surface area contributed by atoms with E-state index < -0.39 is 12.1 Å². The Bertz CT molecular complexity index is 756. The Kier molecular flexibility index (Phi) is 7.03. The van der Waals surface area contributed by atoms with Gasteiger partial charge in [0.15, 0.2) is 0 Å². The number of carbonyl (C=O) groups excluding carboxylic acids is 1. The van der Waals surface area contributed by atoms with Crippen LogP contribution in [0.3, 0.4) is 0 Å². The summed E-state index contributed by atoms with van der Waals surface area (Å²) in [5.41, 5.74) is 1.50. The summed E-state index contributed by atoms with van der Waals surface area (Å²) in [5.74, 6) is -2.09. The van der Waals surface area contributed by atoms with Gasteiger partial charge in [-0.25, -0.2) is 9.78 Å². The number of amides is 1. The molecule has 0 radical (unpaired) electrons. The number of aliphatic carboxylic acids is 1. The summed E-state index contributed by atoms with van der Waals surface area (Å²) < 4.78 is 37.1. The molecule has 3 aliphatic rings. The van der Waals surface area contributed by atoms with Crippen molar-refractivity contribution in [3.05, 3.63) is 16.1 Å². The Labute approximate surface area is 176 Å². The van der Waals surface area contributed by atoms with Crippen LogP contribution in [0.2, 0.25) is 0 Å². The third kappa shape index (κ3) is 5.70. The van der Waals surface area contributed by atoms with E-state index in [1.54, 1.807) is 11.3 Å². The Hall–Kier alpha value is -1.72. The second-order valence-electron chi connectivity index (χ2n) is 7.99. The van der Waals surface area contributed by atoms with Crippen LogP contribution in [0.25, 0.3) is 0 Å². The molecule has 2 aliphatic heterocycles. The molecule has 1 aliphatic carbocycles. The summed E-state index contributed by atoms with van der Waals surface area (Å²) in [7, 11) is 0. The average molecular weight is 449 g/mol. The SMILES string of the molecule is Cc1nc(CN2CCC3(CC2)CC3C(=O)N2CCOCC2)cs1.O=C(O)C(F)(F)F. The highest BCUT2D eigenvalue weighted by atomic mass is 32.1. The minimum Gasteiger partial charge on any atom is -0.475 e. The standard InChI is InChI=1S/C17H25N3O2S.C2HF3O2/c1-13-18-14(12-23-13)11-19-4-2-17(3-5-19)10-15(17)16(21)20-6-8-22-9-7-20;3-2(4,5)1(6)7/h12,15H,2-11H2,1H3;(H,6,7). The highest BCUT2D eigenvalue weighted by molar-refractivity contribution is 7.09. The van der Waals surface area contributed by atoms with Gasteiger partial charge in [0.25, 0.3) is 0 Å². The monoisotopic (exact) mass is 449 g/mol. The maximum atomic E-state index is 12.7. The zero-order chi connectivity index (χ0) is 21.9. The lowest BCUT2D eigenvalue weighted by Gasteiger charge is -2.33. The number of ether oxygens (including phenoxy) is 1. The maximum absolute atomic E-state index is 12.7. The fraction of sp³-hybridized carbons (Fsp3) is 0.737. The molecule has 1 amide bonds. The summed E-state index contributed by atoms with van der Waals surface area (Å²) in [6, 6.07) is 0. The molecular formula is C19H26F3N3O4S. The van der Waals surface area contributed by atoms with E-state index >= 15 is 0 Å². The molecule has 1 atom stereocenters. The van der Waals surface area contributed by atoms with Gasteiger partial charge in [0.2, 0.25) is 5.91 Å². The minimum atomic E-state index is -5.08. The zero-order valence-corrected chi connectivity index (χ0v) is 17.6. The van der Waals surface area contributed by atoms with Crippen LogP contribution in [-0.4, -0.2) is 77.3 Å². The fourth-order valence-corrected chi connectivity index (χ4v) is 4.72. The van der Waals surface area contributed by atoms with E-state index in [1.807, 2.05) is 4.90 Å². The normalized spacial score (nSPS) is 23.6. The number of rotatable bonds is 3. The Balaban J connectivity index is 0.000000318. The Morgan fingerprint density at radius 2 is 1.87 bits per heavy atom. The molecule has 1 N–H and O–H groups in total. The largest absolute Gasteiger partial charge is 0.490 e. The molecule has 4 rings (SSSR count). The number of thiazole rings is 1. The zero-order valence-electron chi connectivity index (χ0n) is 16.8. The van der Waals surface area contributed by atoms with Crippen molar-refractivity contribution in [3.63, 3.8) is 0 Å². The van der Waals surface area contributed by atoms with E-state index in [0.717, 1.165) is 57.0 Å². The van der Waals surface area contributed by atoms with Gasteiger partial charge in [-0.1, -0.05) is 0 Å². The van der Waals surface area contributed by atoms with Crippen LogP contribution >= 0.6 is 11.3 Å². The number of aryl methyl sites for hydroxylation is 1. The summed E-state index contributed by atoms with van der Waals surface area (Å²) >= 11 is 1.73. The van der Waals surface area contributed by atoms with Crippen LogP contribution in [-0.2, 0) is 20.9 Å². The predicted molar refractivity (Wildman–Crippen MR) is 103 cm³/mol. The van der Waals surface area contributed by atoms with Gasteiger partial charge >= 0.3 is 12.1 Å². The number of morpholine rings is 1. The number of carboxylic acids is 1. The second-order valence-corrected chi connectivity index (χ2v) is 9.06. The molecule has 3 fully saturated rings. The van der Waals surface area contributed by atoms with Gasteiger partial charge in [0, 0.05) is 30.9 Å². The highest BCUT2D eigenvalue weighted by Crippen LogP contribution is 2.60. The smallest absolute Gasteiger partial charge is 0.475 e. The van der Waals surface area contributed by atoms with E-state index in [0.29, 0.717) is 24.5 Å². The number of alkyl halides is 3. The number of nitrogens with zero attached hydrogens (tertiary/aromatic N) is 3. The summed E-state index contributed by atoms with van der Waals surface area (Å²) in [6.45, 7) is 8.18. The van der Waals surface area contributed by atoms with Crippen molar-refractivity contribution < 1.29 is 32.6 Å². The highest BCUT2D eigenvalue weighted by Gasteiger charge is 2.59. The molecule has 1 aromatic heterocycles. The van der Waals surface area contributed by atoms with Crippen molar-refractivity contribution >= 4 is 23.2 Å². The van der Waals surface area contributed by atoms with Gasteiger partial charge in [-0.2, -0.15) is 13.2 Å². The Morgan fingerprint density at radius 3 is 2.37 bits per heavy atom. The molecule has 2 saturated heterocycles. The van der Waals surface area contributed by atoms with Gasteiger partial charge in [-0.05, 0) is 44.7 Å². The average Bonchev–Trinajstić information content (AvgIpc) is 3.25. The third-order valence-electron chi connectivity index (χ3n) is 5.96. The second kappa shape index (κ2) is 9.19. The molecule has 1 saturated carbocycles. The van der Waals surface area contributed by atoms with Crippen LogP contribution in [0.5, 0.6) is 0 Å². The maximum Gasteiger partial charge on any atom is 0.490 e. The lowest BCUT2D eigenvalue weighted by Crippen LogP contribution is -2.43. The molecule has 3 heterocycles. The van der Waals surface area contributed by atoms with Gasteiger partial charge in [0.1, 0.15) is 0 Å². The lowest BCUT2D eigenvalue weighted by atomic mass is 9.90. The molecular weight excluding hydrogens is 423 g/mol. The van der Waals surface area contributed by atoms with Crippen molar-refractivity contribution in [2.24, 2.45) is 11.3 Å². The molecule has 30 heavy (non-hydrogen) atoms. The van der Waals surface area contributed by atoms with Crippen LogP contribution in [0.4, 0.5) is 13.2 Å². The van der Waals surface area contributed by atoms with Gasteiger partial charge in [-0.15, -0.1) is 11.3 Å². The van der Waals surface area contributed by atoms with E-state index in [9.17, 15) is 18.0 Å². The Morgan fingerprint density at radius 1 is 1.27 bits per heavy atom. The number of halogens is 3. The number of aromatic nitrogens is 1. The first kappa shape index (κ1) is 23.0. The van der Waals surface area contributed by atoms with Gasteiger partial charge in [0.05, 0.1) is 23.9 Å². The molecule has 0 aromatic carbocycles. The van der Waals surface area contributed by atoms with Crippen LogP contribution in [0.1, 0.15) is 30.0 Å². The van der Waals surface area contributed by atoms with Gasteiger partial charge < -0.3 is 14.7 Å². The van der Waals surface area contributed by atoms with E-state index in [-0.39, 0.29) is 5.92 Å². The van der Waals surface area contributed by atoms with Gasteiger partial charge in [-0.3, -0.25) is 9.69 Å². The molecule has 1 aromatic rings.